The number of nitrogens with two attached hydrogens (primary N) is 1. The Morgan fingerprint density at radius 1 is 1.43 bits per heavy atom. The third-order valence-corrected chi connectivity index (χ3v) is 4.55. The average molecular weight is 314 g/mol. The van der Waals surface area contributed by atoms with Crippen LogP contribution in [0.25, 0.3) is 5.69 Å². The first-order valence-electron chi connectivity index (χ1n) is 7.92. The van der Waals surface area contributed by atoms with Gasteiger partial charge in [0.1, 0.15) is 0 Å². The molecule has 2 unspecified atom stereocenters. The highest BCUT2D eigenvalue weighted by atomic mass is 16.2. The molecular weight excluding hydrogens is 292 g/mol. The molecule has 3 rings (SSSR count). The van der Waals surface area contributed by atoms with Crippen molar-refractivity contribution in [2.75, 3.05) is 5.32 Å². The van der Waals surface area contributed by atoms with Gasteiger partial charge in [0.05, 0.1) is 11.6 Å². The van der Waals surface area contributed by atoms with Crippen LogP contribution in [0.5, 0.6) is 0 Å². The zero-order valence-electron chi connectivity index (χ0n) is 13.5. The molecule has 1 aliphatic carbocycles. The Morgan fingerprint density at radius 3 is 2.96 bits per heavy atom. The van der Waals surface area contributed by atoms with Crippen LogP contribution in [0, 0.1) is 12.8 Å². The van der Waals surface area contributed by atoms with E-state index >= 15 is 0 Å². The molecule has 0 spiro atoms. The van der Waals surface area contributed by atoms with Crippen LogP contribution in [-0.2, 0) is 4.79 Å². The molecule has 1 heterocycles. The van der Waals surface area contributed by atoms with E-state index in [1.54, 1.807) is 4.68 Å². The van der Waals surface area contributed by atoms with Crippen LogP contribution in [0.4, 0.5) is 5.69 Å². The predicted molar refractivity (Wildman–Crippen MR) is 87.1 cm³/mol. The quantitative estimate of drug-likeness (QED) is 0.900. The van der Waals surface area contributed by atoms with Crippen LogP contribution in [0.3, 0.4) is 0 Å². The number of benzene rings is 1. The van der Waals surface area contributed by atoms with Crippen molar-refractivity contribution in [1.29, 1.82) is 0 Å². The second kappa shape index (κ2) is 6.08. The Morgan fingerprint density at radius 2 is 2.26 bits per heavy atom. The maximum Gasteiger partial charge on any atom is 0.229 e. The number of amides is 1. The molecule has 0 radical (unpaired) electrons. The molecule has 2 aromatic rings. The minimum absolute atomic E-state index is 0.0136. The zero-order chi connectivity index (χ0) is 16.4. The maximum atomic E-state index is 12.6. The lowest BCUT2D eigenvalue weighted by molar-refractivity contribution is -0.122. The summed E-state index contributed by atoms with van der Waals surface area (Å²) < 4.78 is 1.63. The lowest BCUT2D eigenvalue weighted by atomic mass is 9.74. The van der Waals surface area contributed by atoms with Crippen molar-refractivity contribution in [2.24, 2.45) is 11.7 Å². The minimum Gasteiger partial charge on any atom is -0.326 e. The molecule has 1 amide bonds. The number of nitrogens with one attached hydrogen (secondary N) is 1. The molecule has 0 bridgehead atoms. The van der Waals surface area contributed by atoms with Crippen LogP contribution in [0.2, 0.25) is 0 Å². The van der Waals surface area contributed by atoms with Gasteiger partial charge in [-0.25, -0.2) is 0 Å². The third-order valence-electron chi connectivity index (χ3n) is 4.55. The Kier molecular flexibility index (Phi) is 4.12. The topological polar surface area (TPSA) is 98.7 Å². The van der Waals surface area contributed by atoms with Gasteiger partial charge in [-0.1, -0.05) is 18.9 Å². The SMILES string of the molecule is Cc1nnnn1-c1cccc(NC(=O)C2CCCCC2(C)N)c1. The van der Waals surface area contributed by atoms with E-state index in [-0.39, 0.29) is 11.8 Å². The van der Waals surface area contributed by atoms with Crippen molar-refractivity contribution in [3.05, 3.63) is 30.1 Å². The highest BCUT2D eigenvalue weighted by molar-refractivity contribution is 5.93. The first kappa shape index (κ1) is 15.6. The number of hydrogen-bond acceptors (Lipinski definition) is 5. The summed E-state index contributed by atoms with van der Waals surface area (Å²) in [4.78, 5) is 12.6. The van der Waals surface area contributed by atoms with Gasteiger partial charge in [0.2, 0.25) is 5.91 Å². The highest BCUT2D eigenvalue weighted by Crippen LogP contribution is 2.32. The number of tetrazole rings is 1. The number of aryl methyl sites for hydroxylation is 1. The first-order valence-corrected chi connectivity index (χ1v) is 7.92. The van der Waals surface area contributed by atoms with Gasteiger partial charge in [0.25, 0.3) is 0 Å². The maximum absolute atomic E-state index is 12.6. The monoisotopic (exact) mass is 314 g/mol. The second-order valence-electron chi connectivity index (χ2n) is 6.48. The number of rotatable bonds is 3. The van der Waals surface area contributed by atoms with Gasteiger partial charge in [0.15, 0.2) is 5.82 Å². The predicted octanol–water partition coefficient (Wildman–Crippen LogP) is 1.82. The lowest BCUT2D eigenvalue weighted by Gasteiger charge is -2.37. The van der Waals surface area contributed by atoms with E-state index in [9.17, 15) is 4.79 Å². The number of anilines is 1. The van der Waals surface area contributed by atoms with Crippen molar-refractivity contribution >= 4 is 11.6 Å². The van der Waals surface area contributed by atoms with E-state index in [4.69, 9.17) is 5.73 Å². The van der Waals surface area contributed by atoms with Crippen LogP contribution < -0.4 is 11.1 Å². The fraction of sp³-hybridized carbons (Fsp3) is 0.500. The number of hydrogen-bond donors (Lipinski definition) is 2. The Labute approximate surface area is 135 Å². The molecule has 2 atom stereocenters. The zero-order valence-corrected chi connectivity index (χ0v) is 13.5. The second-order valence-corrected chi connectivity index (χ2v) is 6.48. The summed E-state index contributed by atoms with van der Waals surface area (Å²) in [5.41, 5.74) is 7.41. The molecule has 7 nitrogen and oxygen atoms in total. The van der Waals surface area contributed by atoms with E-state index in [0.717, 1.165) is 37.1 Å². The van der Waals surface area contributed by atoms with Gasteiger partial charge in [-0.05, 0) is 55.3 Å². The van der Waals surface area contributed by atoms with Crippen LogP contribution in [0.15, 0.2) is 24.3 Å². The van der Waals surface area contributed by atoms with Crippen molar-refractivity contribution in [3.63, 3.8) is 0 Å². The summed E-state index contributed by atoms with van der Waals surface area (Å²) in [6, 6.07) is 7.48. The van der Waals surface area contributed by atoms with E-state index in [0.29, 0.717) is 5.82 Å². The molecular formula is C16H22N6O. The largest absolute Gasteiger partial charge is 0.326 e. The van der Waals surface area contributed by atoms with Crippen molar-refractivity contribution in [2.45, 2.75) is 45.1 Å². The summed E-state index contributed by atoms with van der Waals surface area (Å²) in [6.07, 6.45) is 3.86. The Hall–Kier alpha value is -2.28. The Balaban J connectivity index is 1.78. The molecule has 1 aromatic heterocycles. The van der Waals surface area contributed by atoms with Crippen LogP contribution in [0.1, 0.15) is 38.4 Å². The smallest absolute Gasteiger partial charge is 0.229 e. The van der Waals surface area contributed by atoms with Gasteiger partial charge in [0, 0.05) is 11.2 Å². The molecule has 0 aliphatic heterocycles. The molecule has 23 heavy (non-hydrogen) atoms. The summed E-state index contributed by atoms with van der Waals surface area (Å²) >= 11 is 0. The number of carbonyl (C=O) groups is 1. The number of nitrogens with zero attached hydrogens (tertiary/aromatic N) is 4. The molecule has 1 aromatic carbocycles. The third kappa shape index (κ3) is 3.24. The van der Waals surface area contributed by atoms with Crippen LogP contribution in [-0.4, -0.2) is 31.7 Å². The van der Waals surface area contributed by atoms with E-state index in [1.807, 2.05) is 38.1 Å². The van der Waals surface area contributed by atoms with Gasteiger partial charge < -0.3 is 11.1 Å². The van der Waals surface area contributed by atoms with Crippen molar-refractivity contribution in [1.82, 2.24) is 20.2 Å². The summed E-state index contributed by atoms with van der Waals surface area (Å²) in [5, 5.41) is 14.4. The standard InChI is InChI=1S/C16H22N6O/c1-11-19-20-21-22(11)13-7-5-6-12(10-13)18-15(23)14-8-3-4-9-16(14,2)17/h5-7,10,14H,3-4,8-9,17H2,1-2H3,(H,18,23). The molecule has 3 N–H and O–H groups in total. The molecule has 1 saturated carbocycles. The number of aromatic nitrogens is 4. The summed E-state index contributed by atoms with van der Waals surface area (Å²) in [7, 11) is 0. The molecule has 7 heteroatoms. The summed E-state index contributed by atoms with van der Waals surface area (Å²) in [5.74, 6) is 0.519. The van der Waals surface area contributed by atoms with Crippen LogP contribution >= 0.6 is 0 Å². The van der Waals surface area contributed by atoms with Crippen molar-refractivity contribution < 1.29 is 4.79 Å². The fourth-order valence-corrected chi connectivity index (χ4v) is 3.20. The van der Waals surface area contributed by atoms with E-state index < -0.39 is 5.54 Å². The Bertz CT molecular complexity index is 708. The van der Waals surface area contributed by atoms with E-state index in [2.05, 4.69) is 20.8 Å². The average Bonchev–Trinajstić information content (AvgIpc) is 2.93. The van der Waals surface area contributed by atoms with Gasteiger partial charge in [-0.2, -0.15) is 4.68 Å². The minimum atomic E-state index is -0.438. The number of carbonyl (C=O) groups excluding carboxylic acids is 1. The van der Waals surface area contributed by atoms with E-state index in [1.165, 1.54) is 0 Å². The summed E-state index contributed by atoms with van der Waals surface area (Å²) in [6.45, 7) is 3.80. The lowest BCUT2D eigenvalue weighted by Crippen LogP contribution is -2.51. The van der Waals surface area contributed by atoms with Crippen molar-refractivity contribution in [3.8, 4) is 5.69 Å². The van der Waals surface area contributed by atoms with Gasteiger partial charge in [-0.3, -0.25) is 4.79 Å². The molecule has 1 aliphatic rings. The highest BCUT2D eigenvalue weighted by Gasteiger charge is 2.37. The van der Waals surface area contributed by atoms with Gasteiger partial charge >= 0.3 is 0 Å². The molecule has 0 saturated heterocycles. The normalized spacial score (nSPS) is 24.4. The fourth-order valence-electron chi connectivity index (χ4n) is 3.20. The molecule has 1 fully saturated rings. The van der Waals surface area contributed by atoms with Gasteiger partial charge in [-0.15, -0.1) is 5.10 Å². The molecule has 122 valence electrons. The first-order chi connectivity index (χ1) is 11.0.